The first-order chi connectivity index (χ1) is 22.2. The Morgan fingerprint density at radius 1 is 1.17 bits per heavy atom. The number of rotatable bonds is 8. The Bertz CT molecular complexity index is 1640. The second-order valence-electron chi connectivity index (χ2n) is 13.2. The normalized spacial score (nSPS) is 22.0. The van der Waals surface area contributed by atoms with E-state index in [0.717, 1.165) is 74.0 Å². The number of carbonyl (C=O) groups excluding carboxylic acids is 1. The molecule has 4 fully saturated rings. The number of nitrogens with zero attached hydrogens (tertiary/aromatic N) is 6. The summed E-state index contributed by atoms with van der Waals surface area (Å²) >= 11 is 0. The summed E-state index contributed by atoms with van der Waals surface area (Å²) in [6.07, 6.45) is 8.49. The number of likely N-dealkylation sites (tertiary alicyclic amines) is 1. The van der Waals surface area contributed by atoms with Crippen LogP contribution in [-0.2, 0) is 4.79 Å². The molecule has 1 aromatic carbocycles. The molecule has 1 saturated carbocycles. The largest absolute Gasteiger partial charge is 0.508 e. The Labute approximate surface area is 269 Å². The monoisotopic (exact) mass is 634 g/mol. The zero-order chi connectivity index (χ0) is 32.7. The van der Waals surface area contributed by atoms with Crippen LogP contribution in [0.15, 0.2) is 31.0 Å². The van der Waals surface area contributed by atoms with Gasteiger partial charge in [0.15, 0.2) is 0 Å². The molecule has 2 atom stereocenters. The molecule has 5 heterocycles. The first kappa shape index (κ1) is 32.1. The van der Waals surface area contributed by atoms with E-state index >= 15 is 4.39 Å². The summed E-state index contributed by atoms with van der Waals surface area (Å²) < 4.78 is 31.4. The van der Waals surface area contributed by atoms with Crippen molar-refractivity contribution in [3.8, 4) is 23.0 Å². The molecular formula is C35H44F2N6O3. The van der Waals surface area contributed by atoms with E-state index in [1.807, 2.05) is 31.9 Å². The molecule has 7 rings (SSSR count). The summed E-state index contributed by atoms with van der Waals surface area (Å²) in [5, 5.41) is 11.3. The molecule has 3 aromatic rings. The Balaban J connectivity index is 0.00000182. The third-order valence-corrected chi connectivity index (χ3v) is 10.4. The van der Waals surface area contributed by atoms with Crippen LogP contribution < -0.4 is 9.64 Å². The first-order valence-corrected chi connectivity index (χ1v) is 16.2. The van der Waals surface area contributed by atoms with Crippen molar-refractivity contribution in [2.24, 2.45) is 0 Å². The van der Waals surface area contributed by atoms with Gasteiger partial charge in [-0.1, -0.05) is 6.58 Å². The maximum atomic E-state index is 15.4. The zero-order valence-corrected chi connectivity index (χ0v) is 27.2. The van der Waals surface area contributed by atoms with E-state index in [9.17, 15) is 14.3 Å². The van der Waals surface area contributed by atoms with E-state index in [-0.39, 0.29) is 36.3 Å². The van der Waals surface area contributed by atoms with E-state index in [1.165, 1.54) is 16.5 Å². The smallest absolute Gasteiger partial charge is 0.319 e. The third-order valence-electron chi connectivity index (χ3n) is 10.4. The minimum absolute atomic E-state index is 0.00675. The lowest BCUT2D eigenvalue weighted by Gasteiger charge is -2.32. The molecule has 3 saturated heterocycles. The molecule has 9 nitrogen and oxygen atoms in total. The highest BCUT2D eigenvalue weighted by molar-refractivity contribution is 5.95. The number of aromatic hydroxyl groups is 1. The lowest BCUT2D eigenvalue weighted by molar-refractivity contribution is -0.125. The van der Waals surface area contributed by atoms with Crippen LogP contribution in [0.1, 0.15) is 61.1 Å². The molecule has 46 heavy (non-hydrogen) atoms. The molecule has 4 aliphatic rings. The average molecular weight is 635 g/mol. The van der Waals surface area contributed by atoms with Gasteiger partial charge in [0.1, 0.15) is 24.3 Å². The van der Waals surface area contributed by atoms with Gasteiger partial charge in [0.2, 0.25) is 5.91 Å². The molecular weight excluding hydrogens is 590 g/mol. The van der Waals surface area contributed by atoms with Crippen LogP contribution in [0.5, 0.6) is 11.8 Å². The van der Waals surface area contributed by atoms with E-state index in [2.05, 4.69) is 11.5 Å². The molecule has 3 aliphatic heterocycles. The molecule has 2 aromatic heterocycles. The maximum absolute atomic E-state index is 15.4. The summed E-state index contributed by atoms with van der Waals surface area (Å²) in [5.74, 6) is 0.904. The quantitative estimate of drug-likeness (QED) is 0.318. The number of hydrogen-bond donors (Lipinski definition) is 1. The summed E-state index contributed by atoms with van der Waals surface area (Å²) in [6.45, 7) is 10.5. The number of hydrogen-bond acceptors (Lipinski definition) is 8. The molecule has 1 amide bonds. The number of anilines is 1. The number of carbonyl (C=O) groups is 1. The molecule has 1 N–H and O–H groups in total. The average Bonchev–Trinajstić information content (AvgIpc) is 3.49. The number of benzene rings is 1. The minimum Gasteiger partial charge on any atom is -0.508 e. The lowest BCUT2D eigenvalue weighted by atomic mass is 9.92. The predicted octanol–water partition coefficient (Wildman–Crippen LogP) is 5.66. The van der Waals surface area contributed by atoms with Gasteiger partial charge in [0, 0.05) is 30.9 Å². The van der Waals surface area contributed by atoms with Gasteiger partial charge in [0.05, 0.1) is 41.9 Å². The van der Waals surface area contributed by atoms with Crippen molar-refractivity contribution in [2.75, 3.05) is 51.9 Å². The van der Waals surface area contributed by atoms with Gasteiger partial charge in [-0.3, -0.25) is 19.1 Å². The number of fused-ring (bicyclic) bond motifs is 2. The van der Waals surface area contributed by atoms with Gasteiger partial charge in [-0.05, 0) is 101 Å². The summed E-state index contributed by atoms with van der Waals surface area (Å²) in [4.78, 5) is 32.9. The Kier molecular flexibility index (Phi) is 8.89. The molecule has 0 bridgehead atoms. The van der Waals surface area contributed by atoms with E-state index in [1.54, 1.807) is 12.3 Å². The van der Waals surface area contributed by atoms with E-state index in [0.29, 0.717) is 36.4 Å². The molecule has 246 valence electrons. The van der Waals surface area contributed by atoms with Crippen LogP contribution in [-0.4, -0.2) is 101 Å². The van der Waals surface area contributed by atoms with Crippen molar-refractivity contribution >= 4 is 22.6 Å². The van der Waals surface area contributed by atoms with Crippen molar-refractivity contribution in [1.82, 2.24) is 24.8 Å². The second kappa shape index (κ2) is 12.7. The minimum atomic E-state index is -1.26. The molecule has 1 unspecified atom stereocenters. The fourth-order valence-corrected chi connectivity index (χ4v) is 7.91. The number of phenols is 1. The summed E-state index contributed by atoms with van der Waals surface area (Å²) in [5.41, 5.74) is 5.52. The van der Waals surface area contributed by atoms with Gasteiger partial charge in [-0.2, -0.15) is 9.97 Å². The number of ether oxygens (including phenoxy) is 1. The van der Waals surface area contributed by atoms with Gasteiger partial charge < -0.3 is 19.6 Å². The van der Waals surface area contributed by atoms with Crippen LogP contribution in [0.2, 0.25) is 0 Å². The van der Waals surface area contributed by atoms with Gasteiger partial charge in [0.25, 0.3) is 0 Å². The highest BCUT2D eigenvalue weighted by Crippen LogP contribution is 2.48. The number of amides is 1. The van der Waals surface area contributed by atoms with Crippen LogP contribution in [0.4, 0.5) is 14.6 Å². The summed E-state index contributed by atoms with van der Waals surface area (Å²) in [7, 11) is 2.31. The molecule has 0 radical (unpaired) electrons. The van der Waals surface area contributed by atoms with Crippen molar-refractivity contribution in [1.29, 1.82) is 0 Å². The van der Waals surface area contributed by atoms with Gasteiger partial charge in [-0.25, -0.2) is 4.39 Å². The Morgan fingerprint density at radius 2 is 1.89 bits per heavy atom. The number of likely N-dealkylation sites (N-methyl/N-ethyl adjacent to an activating group) is 1. The predicted molar refractivity (Wildman–Crippen MR) is 175 cm³/mol. The van der Waals surface area contributed by atoms with Crippen LogP contribution in [0.25, 0.3) is 22.2 Å². The first-order valence-electron chi connectivity index (χ1n) is 16.2. The van der Waals surface area contributed by atoms with Crippen molar-refractivity contribution < 1.29 is 23.4 Å². The highest BCUT2D eigenvalue weighted by Gasteiger charge is 2.45. The number of pyridine rings is 1. The third kappa shape index (κ3) is 5.67. The summed E-state index contributed by atoms with van der Waals surface area (Å²) in [6, 6.07) is 3.28. The van der Waals surface area contributed by atoms with Crippen molar-refractivity contribution in [2.45, 2.75) is 76.0 Å². The molecule has 1 aliphatic carbocycles. The maximum Gasteiger partial charge on any atom is 0.319 e. The van der Waals surface area contributed by atoms with E-state index in [4.69, 9.17) is 19.7 Å². The number of alkyl halides is 2. The van der Waals surface area contributed by atoms with E-state index < -0.39 is 12.2 Å². The number of aryl methyl sites for hydroxylation is 2. The Morgan fingerprint density at radius 3 is 2.57 bits per heavy atom. The molecule has 0 spiro atoms. The Hall–Kier alpha value is -3.86. The van der Waals surface area contributed by atoms with Crippen LogP contribution in [0.3, 0.4) is 0 Å². The van der Waals surface area contributed by atoms with Crippen molar-refractivity contribution in [3.63, 3.8) is 0 Å². The van der Waals surface area contributed by atoms with Crippen molar-refractivity contribution in [3.05, 3.63) is 47.7 Å². The topological polar surface area (TPSA) is 94.9 Å². The number of phenolic OH excluding ortho intramolecular Hbond substituents is 1. The standard InChI is InChI=1S/C34H41FN6O3.CH3F/c1-5-28(43)40-17-26(35)27(18-40)39(4)32-25-16-36-30(24-15-23(42)14-20(2)29(24)22-8-9-22)21(3)31(25)37-33(38-32)44-19-34-10-6-12-41(34)13-7-11-34;1-2/h5,14-16,22,26-27,42H,1,6-13,17-19H2,2-4H3;1H3/t26-,27?;/m0./s1. The SMILES string of the molecule is C=CC(=O)N1CC(N(C)c2nc(OCC34CCCN3CCC4)nc3c(C)c(-c4cc(O)cc(C)c4C4CC4)ncc23)[C@@H](F)C1.CF. The molecule has 11 heteroatoms. The van der Waals surface area contributed by atoms with Gasteiger partial charge >= 0.3 is 6.01 Å². The number of halogens is 2. The highest BCUT2D eigenvalue weighted by atomic mass is 19.1. The van der Waals surface area contributed by atoms with Gasteiger partial charge in [-0.15, -0.1) is 0 Å². The second-order valence-corrected chi connectivity index (χ2v) is 13.2. The lowest BCUT2D eigenvalue weighted by Crippen LogP contribution is -2.43. The fraction of sp³-hybridized carbons (Fsp3) is 0.543. The van der Waals surface area contributed by atoms with Crippen LogP contribution in [0, 0.1) is 13.8 Å². The zero-order valence-electron chi connectivity index (χ0n) is 27.2. The van der Waals surface area contributed by atoms with Crippen LogP contribution >= 0.6 is 0 Å². The number of aromatic nitrogens is 3. The fourth-order valence-electron chi connectivity index (χ4n) is 7.91.